The van der Waals surface area contributed by atoms with Gasteiger partial charge in [-0.25, -0.2) is 0 Å². The number of rotatable bonds is 9. The van der Waals surface area contributed by atoms with E-state index >= 15 is 0 Å². The van der Waals surface area contributed by atoms with Gasteiger partial charge in [0.2, 0.25) is 0 Å². The van der Waals surface area contributed by atoms with Crippen molar-refractivity contribution >= 4 is 0 Å². The van der Waals surface area contributed by atoms with Crippen LogP contribution in [0.25, 0.3) is 0 Å². The minimum Gasteiger partial charge on any atom is -0.380 e. The van der Waals surface area contributed by atoms with Crippen molar-refractivity contribution in [3.8, 4) is 0 Å². The highest BCUT2D eigenvalue weighted by atomic mass is 16.5. The SMILES string of the molecule is CCCNCC(C)(C)COCCN1CCCC1. The van der Waals surface area contributed by atoms with Crippen molar-refractivity contribution in [3.05, 3.63) is 0 Å². The molecule has 0 amide bonds. The number of hydrogen-bond acceptors (Lipinski definition) is 3. The maximum absolute atomic E-state index is 5.81. The zero-order valence-corrected chi connectivity index (χ0v) is 11.9. The number of likely N-dealkylation sites (tertiary alicyclic amines) is 1. The first-order valence-corrected chi connectivity index (χ1v) is 7.15. The molecule has 17 heavy (non-hydrogen) atoms. The summed E-state index contributed by atoms with van der Waals surface area (Å²) in [5.74, 6) is 0. The molecular formula is C14H30N2O. The predicted octanol–water partition coefficient (Wildman–Crippen LogP) is 2.12. The van der Waals surface area contributed by atoms with Crippen LogP contribution in [0, 0.1) is 5.41 Å². The van der Waals surface area contributed by atoms with E-state index in [9.17, 15) is 0 Å². The molecule has 3 heteroatoms. The van der Waals surface area contributed by atoms with Gasteiger partial charge in [0.25, 0.3) is 0 Å². The predicted molar refractivity (Wildman–Crippen MR) is 73.4 cm³/mol. The maximum atomic E-state index is 5.81. The van der Waals surface area contributed by atoms with Crippen LogP contribution < -0.4 is 5.32 Å². The van der Waals surface area contributed by atoms with Gasteiger partial charge in [-0.1, -0.05) is 20.8 Å². The van der Waals surface area contributed by atoms with Crippen LogP contribution in [0.3, 0.4) is 0 Å². The average Bonchev–Trinajstić information content (AvgIpc) is 2.77. The van der Waals surface area contributed by atoms with E-state index in [-0.39, 0.29) is 5.41 Å². The van der Waals surface area contributed by atoms with Gasteiger partial charge in [0, 0.05) is 18.5 Å². The van der Waals surface area contributed by atoms with Gasteiger partial charge in [-0.15, -0.1) is 0 Å². The van der Waals surface area contributed by atoms with Crippen LogP contribution in [0.4, 0.5) is 0 Å². The fourth-order valence-corrected chi connectivity index (χ4v) is 2.20. The number of hydrogen-bond donors (Lipinski definition) is 1. The van der Waals surface area contributed by atoms with Gasteiger partial charge < -0.3 is 15.0 Å². The van der Waals surface area contributed by atoms with E-state index in [4.69, 9.17) is 4.74 Å². The lowest BCUT2D eigenvalue weighted by Gasteiger charge is -2.25. The Morgan fingerprint density at radius 1 is 1.24 bits per heavy atom. The first-order valence-electron chi connectivity index (χ1n) is 7.15. The van der Waals surface area contributed by atoms with Crippen LogP contribution >= 0.6 is 0 Å². The van der Waals surface area contributed by atoms with E-state index < -0.39 is 0 Å². The molecule has 1 rings (SSSR count). The van der Waals surface area contributed by atoms with Gasteiger partial charge in [-0.3, -0.25) is 0 Å². The summed E-state index contributed by atoms with van der Waals surface area (Å²) in [6.45, 7) is 14.3. The Balaban J connectivity index is 1.99. The van der Waals surface area contributed by atoms with Crippen molar-refractivity contribution in [1.29, 1.82) is 0 Å². The summed E-state index contributed by atoms with van der Waals surface area (Å²) in [5.41, 5.74) is 0.250. The third-order valence-electron chi connectivity index (χ3n) is 3.27. The molecule has 1 heterocycles. The highest BCUT2D eigenvalue weighted by molar-refractivity contribution is 4.71. The Bertz CT molecular complexity index is 189. The standard InChI is InChI=1S/C14H30N2O/c1-4-7-15-12-14(2,3)13-17-11-10-16-8-5-6-9-16/h15H,4-13H2,1-3H3. The summed E-state index contributed by atoms with van der Waals surface area (Å²) >= 11 is 0. The molecule has 0 atom stereocenters. The molecular weight excluding hydrogens is 212 g/mol. The molecule has 0 aliphatic carbocycles. The van der Waals surface area contributed by atoms with E-state index in [0.29, 0.717) is 0 Å². The Morgan fingerprint density at radius 3 is 2.59 bits per heavy atom. The third-order valence-corrected chi connectivity index (χ3v) is 3.27. The van der Waals surface area contributed by atoms with E-state index in [0.717, 1.165) is 32.8 Å². The molecule has 0 aromatic rings. The second-order valence-corrected chi connectivity index (χ2v) is 5.94. The van der Waals surface area contributed by atoms with Crippen molar-refractivity contribution in [3.63, 3.8) is 0 Å². The Morgan fingerprint density at radius 2 is 1.94 bits per heavy atom. The minimum atomic E-state index is 0.250. The summed E-state index contributed by atoms with van der Waals surface area (Å²) in [6, 6.07) is 0. The lowest BCUT2D eigenvalue weighted by atomic mass is 9.95. The largest absolute Gasteiger partial charge is 0.380 e. The van der Waals surface area contributed by atoms with Crippen LogP contribution in [0.2, 0.25) is 0 Å². The Kier molecular flexibility index (Phi) is 7.09. The van der Waals surface area contributed by atoms with E-state index in [1.807, 2.05) is 0 Å². The van der Waals surface area contributed by atoms with E-state index in [2.05, 4.69) is 31.0 Å². The summed E-state index contributed by atoms with van der Waals surface area (Å²) < 4.78 is 5.81. The fourth-order valence-electron chi connectivity index (χ4n) is 2.20. The lowest BCUT2D eigenvalue weighted by molar-refractivity contribution is 0.0507. The molecule has 0 aromatic carbocycles. The van der Waals surface area contributed by atoms with Crippen LogP contribution in [-0.4, -0.2) is 50.8 Å². The zero-order chi connectivity index (χ0) is 12.6. The molecule has 0 radical (unpaired) electrons. The van der Waals surface area contributed by atoms with Crippen LogP contribution in [0.1, 0.15) is 40.0 Å². The molecule has 0 bridgehead atoms. The van der Waals surface area contributed by atoms with Gasteiger partial charge in [-0.2, -0.15) is 0 Å². The molecule has 102 valence electrons. The highest BCUT2D eigenvalue weighted by Gasteiger charge is 2.18. The van der Waals surface area contributed by atoms with Gasteiger partial charge in [0.05, 0.1) is 13.2 Å². The molecule has 1 fully saturated rings. The van der Waals surface area contributed by atoms with Crippen molar-refractivity contribution in [1.82, 2.24) is 10.2 Å². The summed E-state index contributed by atoms with van der Waals surface area (Å²) in [6.07, 6.45) is 3.94. The van der Waals surface area contributed by atoms with Crippen molar-refractivity contribution in [2.75, 3.05) is 45.9 Å². The summed E-state index contributed by atoms with van der Waals surface area (Å²) in [4.78, 5) is 2.50. The van der Waals surface area contributed by atoms with Crippen LogP contribution in [0.5, 0.6) is 0 Å². The quantitative estimate of drug-likeness (QED) is 0.627. The third kappa shape index (κ3) is 7.02. The van der Waals surface area contributed by atoms with E-state index in [1.165, 1.54) is 32.4 Å². The van der Waals surface area contributed by atoms with Crippen LogP contribution in [-0.2, 0) is 4.74 Å². The van der Waals surface area contributed by atoms with Crippen molar-refractivity contribution in [2.24, 2.45) is 5.41 Å². The summed E-state index contributed by atoms with van der Waals surface area (Å²) in [5, 5.41) is 3.47. The highest BCUT2D eigenvalue weighted by Crippen LogP contribution is 2.14. The second-order valence-electron chi connectivity index (χ2n) is 5.94. The lowest BCUT2D eigenvalue weighted by Crippen LogP contribution is -2.34. The number of nitrogens with zero attached hydrogens (tertiary/aromatic N) is 1. The topological polar surface area (TPSA) is 24.5 Å². The maximum Gasteiger partial charge on any atom is 0.0593 e. The Hall–Kier alpha value is -0.120. The monoisotopic (exact) mass is 242 g/mol. The van der Waals surface area contributed by atoms with Crippen LogP contribution in [0.15, 0.2) is 0 Å². The first kappa shape index (κ1) is 14.9. The second kappa shape index (κ2) is 8.06. The number of nitrogens with one attached hydrogen (secondary N) is 1. The zero-order valence-electron chi connectivity index (χ0n) is 11.9. The minimum absolute atomic E-state index is 0.250. The van der Waals surface area contributed by atoms with Gasteiger partial charge >= 0.3 is 0 Å². The van der Waals surface area contributed by atoms with Gasteiger partial charge in [0.15, 0.2) is 0 Å². The molecule has 0 unspecified atom stereocenters. The van der Waals surface area contributed by atoms with Crippen molar-refractivity contribution in [2.45, 2.75) is 40.0 Å². The molecule has 0 spiro atoms. The van der Waals surface area contributed by atoms with Gasteiger partial charge in [0.1, 0.15) is 0 Å². The van der Waals surface area contributed by atoms with Crippen molar-refractivity contribution < 1.29 is 4.74 Å². The smallest absolute Gasteiger partial charge is 0.0593 e. The molecule has 0 aromatic heterocycles. The fraction of sp³-hybridized carbons (Fsp3) is 1.00. The molecule has 1 N–H and O–H groups in total. The molecule has 1 aliphatic rings. The normalized spacial score (nSPS) is 17.8. The first-order chi connectivity index (χ1) is 8.14. The van der Waals surface area contributed by atoms with E-state index in [1.54, 1.807) is 0 Å². The Labute approximate surface area is 107 Å². The average molecular weight is 242 g/mol. The van der Waals surface area contributed by atoms with Gasteiger partial charge in [-0.05, 0) is 38.9 Å². The molecule has 1 saturated heterocycles. The molecule has 3 nitrogen and oxygen atoms in total. The molecule has 1 aliphatic heterocycles. The molecule has 0 saturated carbocycles. The number of ether oxygens (including phenoxy) is 1. The summed E-state index contributed by atoms with van der Waals surface area (Å²) in [7, 11) is 0.